The van der Waals surface area contributed by atoms with Crippen LogP contribution in [0.5, 0.6) is 0 Å². The number of hydrogen-bond acceptors (Lipinski definition) is 4. The van der Waals surface area contributed by atoms with Crippen LogP contribution in [-0.4, -0.2) is 18.2 Å². The highest BCUT2D eigenvalue weighted by Gasteiger charge is 2.25. The number of nitrogens with zero attached hydrogens (tertiary/aromatic N) is 1. The first-order valence-electron chi connectivity index (χ1n) is 4.37. The van der Waals surface area contributed by atoms with E-state index in [2.05, 4.69) is 5.11 Å². The van der Waals surface area contributed by atoms with Crippen LogP contribution in [0.4, 0.5) is 0 Å². The molecule has 1 amide bonds. The van der Waals surface area contributed by atoms with Gasteiger partial charge in [-0.15, -0.1) is 0 Å². The average molecular weight is 205 g/mol. The first kappa shape index (κ1) is 11.0. The number of ketones is 1. The van der Waals surface area contributed by atoms with E-state index in [1.165, 1.54) is 0 Å². The Morgan fingerprint density at radius 1 is 1.33 bits per heavy atom. The summed E-state index contributed by atoms with van der Waals surface area (Å²) >= 11 is 0. The quantitative estimate of drug-likeness (QED) is 0.550. The Hall–Kier alpha value is -2.04. The smallest absolute Gasteiger partial charge is 0.232 e. The molecule has 5 nitrogen and oxygen atoms in total. The van der Waals surface area contributed by atoms with Crippen molar-refractivity contribution in [2.24, 2.45) is 10.8 Å². The topological polar surface area (TPSA) is 96.4 Å². The van der Waals surface area contributed by atoms with Crippen LogP contribution in [0.3, 0.4) is 0 Å². The summed E-state index contributed by atoms with van der Waals surface area (Å²) in [5.41, 5.74) is 12.3. The Balaban J connectivity index is 2.98. The lowest BCUT2D eigenvalue weighted by Crippen LogP contribution is -2.29. The van der Waals surface area contributed by atoms with Gasteiger partial charge in [0.05, 0.1) is 0 Å². The summed E-state index contributed by atoms with van der Waals surface area (Å²) < 4.78 is 0. The van der Waals surface area contributed by atoms with Gasteiger partial charge in [-0.1, -0.05) is 30.3 Å². The van der Waals surface area contributed by atoms with Gasteiger partial charge in [0.2, 0.25) is 5.91 Å². The Bertz CT molecular complexity index is 376. The van der Waals surface area contributed by atoms with Crippen LogP contribution in [0.1, 0.15) is 11.5 Å². The molecule has 0 aliphatic heterocycles. The third kappa shape index (κ3) is 2.70. The SMILES string of the molecule is N=NCC(=O)C(C(N)=O)c1ccccc1. The third-order valence-corrected chi connectivity index (χ3v) is 1.97. The lowest BCUT2D eigenvalue weighted by molar-refractivity contribution is -0.127. The largest absolute Gasteiger partial charge is 0.369 e. The van der Waals surface area contributed by atoms with Crippen molar-refractivity contribution >= 4 is 11.7 Å². The van der Waals surface area contributed by atoms with E-state index in [1.54, 1.807) is 30.3 Å². The van der Waals surface area contributed by atoms with Crippen molar-refractivity contribution in [1.29, 1.82) is 5.53 Å². The maximum Gasteiger partial charge on any atom is 0.232 e. The van der Waals surface area contributed by atoms with Gasteiger partial charge in [0.1, 0.15) is 12.5 Å². The van der Waals surface area contributed by atoms with Gasteiger partial charge in [-0.05, 0) is 5.56 Å². The number of carbonyl (C=O) groups is 2. The van der Waals surface area contributed by atoms with Crippen LogP contribution >= 0.6 is 0 Å². The number of nitrogens with one attached hydrogen (secondary N) is 1. The summed E-state index contributed by atoms with van der Waals surface area (Å²) in [4.78, 5) is 22.6. The monoisotopic (exact) mass is 205 g/mol. The highest BCUT2D eigenvalue weighted by molar-refractivity contribution is 6.06. The maximum atomic E-state index is 11.5. The molecule has 0 saturated carbocycles. The summed E-state index contributed by atoms with van der Waals surface area (Å²) in [6, 6.07) is 8.52. The van der Waals surface area contributed by atoms with Crippen molar-refractivity contribution < 1.29 is 9.59 Å². The second-order valence-corrected chi connectivity index (χ2v) is 3.03. The summed E-state index contributed by atoms with van der Waals surface area (Å²) in [5, 5.41) is 2.96. The van der Waals surface area contributed by atoms with Gasteiger partial charge >= 0.3 is 0 Å². The molecule has 15 heavy (non-hydrogen) atoms. The molecule has 78 valence electrons. The molecule has 1 aromatic carbocycles. The predicted octanol–water partition coefficient (Wildman–Crippen LogP) is 0.856. The molecule has 3 N–H and O–H groups in total. The van der Waals surface area contributed by atoms with Crippen molar-refractivity contribution in [1.82, 2.24) is 0 Å². The first-order chi connectivity index (χ1) is 7.16. The molecule has 0 saturated heterocycles. The number of hydrogen-bond donors (Lipinski definition) is 2. The molecular formula is C10H11N3O2. The lowest BCUT2D eigenvalue weighted by Gasteiger charge is -2.10. The van der Waals surface area contributed by atoms with Gasteiger partial charge in [-0.25, -0.2) is 5.53 Å². The minimum absolute atomic E-state index is 0.317. The fraction of sp³-hybridized carbons (Fsp3) is 0.200. The predicted molar refractivity (Wildman–Crippen MR) is 53.4 cm³/mol. The van der Waals surface area contributed by atoms with Gasteiger partial charge in [0.25, 0.3) is 0 Å². The molecule has 0 radical (unpaired) electrons. The van der Waals surface area contributed by atoms with E-state index >= 15 is 0 Å². The lowest BCUT2D eigenvalue weighted by atomic mass is 9.94. The second-order valence-electron chi connectivity index (χ2n) is 3.03. The number of carbonyl (C=O) groups excluding carboxylic acids is 2. The number of Topliss-reactive ketones (excluding diaryl/α,β-unsaturated/α-hetero) is 1. The highest BCUT2D eigenvalue weighted by Crippen LogP contribution is 2.16. The maximum absolute atomic E-state index is 11.5. The molecule has 0 aromatic heterocycles. The van der Waals surface area contributed by atoms with E-state index in [-0.39, 0.29) is 6.54 Å². The van der Waals surface area contributed by atoms with Gasteiger partial charge in [0, 0.05) is 0 Å². The second kappa shape index (κ2) is 4.99. The van der Waals surface area contributed by atoms with Crippen LogP contribution in [0.15, 0.2) is 35.4 Å². The molecule has 1 atom stereocenters. The van der Waals surface area contributed by atoms with E-state index in [0.29, 0.717) is 5.56 Å². The number of nitrogens with two attached hydrogens (primary N) is 1. The summed E-state index contributed by atoms with van der Waals surface area (Å²) in [7, 11) is 0. The molecular weight excluding hydrogens is 194 g/mol. The standard InChI is InChI=1S/C10H11N3O2/c11-10(15)9(8(14)6-13-12)7-4-2-1-3-5-7/h1-5,9,12H,6H2,(H2,11,15). The fourth-order valence-electron chi connectivity index (χ4n) is 1.32. The zero-order valence-electron chi connectivity index (χ0n) is 8.01. The Kier molecular flexibility index (Phi) is 3.68. The van der Waals surface area contributed by atoms with Crippen molar-refractivity contribution in [2.75, 3.05) is 6.54 Å². The molecule has 5 heteroatoms. The number of amides is 1. The Labute approximate surface area is 86.8 Å². The first-order valence-corrected chi connectivity index (χ1v) is 4.37. The number of primary amides is 1. The van der Waals surface area contributed by atoms with Crippen LogP contribution in [-0.2, 0) is 9.59 Å². The van der Waals surface area contributed by atoms with Crippen molar-refractivity contribution in [3.63, 3.8) is 0 Å². The molecule has 0 heterocycles. The number of rotatable bonds is 5. The van der Waals surface area contributed by atoms with E-state index in [4.69, 9.17) is 11.3 Å². The Morgan fingerprint density at radius 3 is 2.40 bits per heavy atom. The zero-order chi connectivity index (χ0) is 11.3. The minimum atomic E-state index is -1.000. The van der Waals surface area contributed by atoms with Crippen molar-refractivity contribution in [3.05, 3.63) is 35.9 Å². The van der Waals surface area contributed by atoms with E-state index in [1.807, 2.05) is 0 Å². The summed E-state index contributed by atoms with van der Waals surface area (Å²) in [6.45, 7) is -0.317. The van der Waals surface area contributed by atoms with E-state index < -0.39 is 17.6 Å². The summed E-state index contributed by atoms with van der Waals surface area (Å²) in [5.74, 6) is -2.17. The molecule has 0 fully saturated rings. The van der Waals surface area contributed by atoms with Gasteiger partial charge < -0.3 is 5.73 Å². The van der Waals surface area contributed by atoms with Gasteiger partial charge in [-0.2, -0.15) is 5.11 Å². The van der Waals surface area contributed by atoms with E-state index in [9.17, 15) is 9.59 Å². The van der Waals surface area contributed by atoms with Crippen LogP contribution in [0.25, 0.3) is 0 Å². The Morgan fingerprint density at radius 2 is 1.93 bits per heavy atom. The molecule has 0 aliphatic carbocycles. The average Bonchev–Trinajstić information content (AvgIpc) is 2.19. The van der Waals surface area contributed by atoms with Crippen molar-refractivity contribution in [2.45, 2.75) is 5.92 Å². The van der Waals surface area contributed by atoms with Crippen LogP contribution in [0, 0.1) is 5.53 Å². The highest BCUT2D eigenvalue weighted by atomic mass is 16.2. The molecule has 1 aromatic rings. The molecule has 1 unspecified atom stereocenters. The van der Waals surface area contributed by atoms with E-state index in [0.717, 1.165) is 0 Å². The van der Waals surface area contributed by atoms with Gasteiger partial charge in [0.15, 0.2) is 5.78 Å². The van der Waals surface area contributed by atoms with Crippen LogP contribution in [0.2, 0.25) is 0 Å². The van der Waals surface area contributed by atoms with Crippen LogP contribution < -0.4 is 5.73 Å². The number of benzene rings is 1. The molecule has 0 spiro atoms. The minimum Gasteiger partial charge on any atom is -0.369 e. The molecule has 0 bridgehead atoms. The fourth-order valence-corrected chi connectivity index (χ4v) is 1.32. The normalized spacial score (nSPS) is 11.7. The van der Waals surface area contributed by atoms with Crippen molar-refractivity contribution in [3.8, 4) is 0 Å². The molecule has 0 aliphatic rings. The summed E-state index contributed by atoms with van der Waals surface area (Å²) in [6.07, 6.45) is 0. The molecule has 1 rings (SSSR count). The third-order valence-electron chi connectivity index (χ3n) is 1.97. The van der Waals surface area contributed by atoms with Gasteiger partial charge in [-0.3, -0.25) is 9.59 Å². The zero-order valence-corrected chi connectivity index (χ0v) is 8.01.